The second kappa shape index (κ2) is 11.6. The van der Waals surface area contributed by atoms with E-state index >= 15 is 0 Å². The normalized spacial score (nSPS) is 12.8. The van der Waals surface area contributed by atoms with Crippen LogP contribution >= 0.6 is 11.6 Å². The van der Waals surface area contributed by atoms with Crippen molar-refractivity contribution in [3.05, 3.63) is 59.1 Å². The summed E-state index contributed by atoms with van der Waals surface area (Å²) in [6.07, 6.45) is 0.0510. The van der Waals surface area contributed by atoms with Crippen LogP contribution in [0.1, 0.15) is 31.7 Å². The molecule has 0 aliphatic rings. The molecule has 1 unspecified atom stereocenters. The molecule has 6 nitrogen and oxygen atoms in total. The number of aliphatic hydroxyl groups excluding tert-OH is 1. The predicted octanol–water partition coefficient (Wildman–Crippen LogP) is 3.47. The van der Waals surface area contributed by atoms with Crippen molar-refractivity contribution in [3.8, 4) is 11.1 Å². The van der Waals surface area contributed by atoms with Crippen LogP contribution in [-0.2, 0) is 25.5 Å². The van der Waals surface area contributed by atoms with Gasteiger partial charge >= 0.3 is 11.9 Å². The van der Waals surface area contributed by atoms with Crippen LogP contribution < -0.4 is 5.73 Å². The van der Waals surface area contributed by atoms with Gasteiger partial charge < -0.3 is 20.3 Å². The molecule has 2 atom stereocenters. The summed E-state index contributed by atoms with van der Waals surface area (Å²) in [7, 11) is 0. The number of halogens is 1. The lowest BCUT2D eigenvalue weighted by molar-refractivity contribution is -0.173. The molecule has 2 rings (SSSR count). The van der Waals surface area contributed by atoms with E-state index in [9.17, 15) is 14.7 Å². The minimum Gasteiger partial charge on any atom is -0.428 e. The first-order valence-electron chi connectivity index (χ1n) is 9.49. The first-order chi connectivity index (χ1) is 13.9. The van der Waals surface area contributed by atoms with Crippen molar-refractivity contribution in [2.24, 2.45) is 5.73 Å². The first-order valence-corrected chi connectivity index (χ1v) is 9.87. The number of hydrogen-bond donors (Lipinski definition) is 2. The van der Waals surface area contributed by atoms with Gasteiger partial charge in [-0.3, -0.25) is 4.79 Å². The molecule has 0 saturated heterocycles. The highest BCUT2D eigenvalue weighted by Crippen LogP contribution is 2.23. The number of rotatable bonds is 10. The number of aliphatic hydroxyl groups is 1. The van der Waals surface area contributed by atoms with Crippen molar-refractivity contribution in [3.63, 3.8) is 0 Å². The third-order valence-corrected chi connectivity index (χ3v) is 4.52. The first kappa shape index (κ1) is 22.9. The number of ether oxygens (including phenoxy) is 2. The smallest absolute Gasteiger partial charge is 0.337 e. The van der Waals surface area contributed by atoms with Crippen LogP contribution in [0.2, 0.25) is 5.02 Å². The Labute approximate surface area is 175 Å². The highest BCUT2D eigenvalue weighted by molar-refractivity contribution is 6.30. The lowest BCUT2D eigenvalue weighted by atomic mass is 9.98. The number of carbonyl (C=O) groups excluding carboxylic acids is 2. The number of benzene rings is 2. The lowest BCUT2D eigenvalue weighted by Gasteiger charge is -2.16. The third-order valence-electron chi connectivity index (χ3n) is 4.28. The molecular formula is C22H26ClNO5. The Hall–Kier alpha value is -2.41. The third kappa shape index (κ3) is 7.85. The van der Waals surface area contributed by atoms with Gasteiger partial charge in [-0.1, -0.05) is 54.9 Å². The summed E-state index contributed by atoms with van der Waals surface area (Å²) in [5.41, 5.74) is 9.10. The van der Waals surface area contributed by atoms with Crippen molar-refractivity contribution in [1.29, 1.82) is 0 Å². The molecule has 0 spiro atoms. The summed E-state index contributed by atoms with van der Waals surface area (Å²) in [6.45, 7) is 1.33. The number of hydrogen-bond acceptors (Lipinski definition) is 6. The van der Waals surface area contributed by atoms with Gasteiger partial charge in [0.1, 0.15) is 0 Å². The van der Waals surface area contributed by atoms with Gasteiger partial charge in [-0.15, -0.1) is 0 Å². The van der Waals surface area contributed by atoms with Gasteiger partial charge in [0.15, 0.2) is 6.10 Å². The van der Waals surface area contributed by atoms with Crippen LogP contribution in [0, 0.1) is 0 Å². The highest BCUT2D eigenvalue weighted by Gasteiger charge is 2.20. The van der Waals surface area contributed by atoms with Crippen molar-refractivity contribution in [1.82, 2.24) is 0 Å². The summed E-state index contributed by atoms with van der Waals surface area (Å²) in [5, 5.41) is 10.6. The average molecular weight is 420 g/mol. The predicted molar refractivity (Wildman–Crippen MR) is 111 cm³/mol. The molecule has 0 bridgehead atoms. The van der Waals surface area contributed by atoms with Gasteiger partial charge in [0.05, 0.1) is 0 Å². The minimum atomic E-state index is -1.37. The zero-order valence-corrected chi connectivity index (χ0v) is 17.1. The number of nitrogens with two attached hydrogens (primary N) is 1. The van der Waals surface area contributed by atoms with Gasteiger partial charge in [0.25, 0.3) is 0 Å². The van der Waals surface area contributed by atoms with Crippen LogP contribution in [0.15, 0.2) is 48.5 Å². The van der Waals surface area contributed by atoms with Gasteiger partial charge in [-0.2, -0.15) is 0 Å². The maximum atomic E-state index is 11.8. The van der Waals surface area contributed by atoms with Crippen LogP contribution in [0.5, 0.6) is 0 Å². The Bertz CT molecular complexity index is 809. The molecule has 0 aliphatic carbocycles. The Morgan fingerprint density at radius 1 is 1.10 bits per heavy atom. The topological polar surface area (TPSA) is 98.8 Å². The fourth-order valence-corrected chi connectivity index (χ4v) is 2.99. The summed E-state index contributed by atoms with van der Waals surface area (Å²) in [5.74, 6) is -1.31. The molecule has 0 aromatic heterocycles. The second-order valence-corrected chi connectivity index (χ2v) is 7.21. The van der Waals surface area contributed by atoms with E-state index in [1.165, 1.54) is 0 Å². The minimum absolute atomic E-state index is 0.0395. The Morgan fingerprint density at radius 3 is 2.48 bits per heavy atom. The summed E-state index contributed by atoms with van der Waals surface area (Å²) < 4.78 is 9.47. The van der Waals surface area contributed by atoms with E-state index in [1.807, 2.05) is 55.5 Å². The molecule has 156 valence electrons. The van der Waals surface area contributed by atoms with Crippen molar-refractivity contribution >= 4 is 23.5 Å². The van der Waals surface area contributed by atoms with E-state index in [4.69, 9.17) is 26.8 Å². The van der Waals surface area contributed by atoms with Gasteiger partial charge in [0.2, 0.25) is 6.79 Å². The van der Waals surface area contributed by atoms with E-state index < -0.39 is 30.9 Å². The van der Waals surface area contributed by atoms with Gasteiger partial charge in [-0.05, 0) is 48.1 Å². The van der Waals surface area contributed by atoms with Crippen LogP contribution in [-0.4, -0.2) is 36.0 Å². The number of carbonyl (C=O) groups is 2. The summed E-state index contributed by atoms with van der Waals surface area (Å²) in [6, 6.07) is 15.0. The second-order valence-electron chi connectivity index (χ2n) is 6.77. The van der Waals surface area contributed by atoms with Crippen LogP contribution in [0.3, 0.4) is 0 Å². The zero-order valence-electron chi connectivity index (χ0n) is 16.3. The molecule has 29 heavy (non-hydrogen) atoms. The molecule has 7 heteroatoms. The van der Waals surface area contributed by atoms with Crippen LogP contribution in [0.25, 0.3) is 11.1 Å². The number of esters is 2. The Kier molecular flexibility index (Phi) is 9.12. The molecule has 0 fully saturated rings. The van der Waals surface area contributed by atoms with E-state index in [2.05, 4.69) is 0 Å². The molecule has 0 saturated carbocycles. The van der Waals surface area contributed by atoms with E-state index in [0.29, 0.717) is 17.9 Å². The highest BCUT2D eigenvalue weighted by atomic mass is 35.5. The molecule has 2 aromatic carbocycles. The van der Waals surface area contributed by atoms with E-state index in [0.717, 1.165) is 16.7 Å². The molecular weight excluding hydrogens is 394 g/mol. The fraction of sp³-hybridized carbons (Fsp3) is 0.364. The fourth-order valence-electron chi connectivity index (χ4n) is 2.80. The molecule has 0 amide bonds. The molecule has 3 N–H and O–H groups in total. The average Bonchev–Trinajstić information content (AvgIpc) is 2.68. The van der Waals surface area contributed by atoms with Crippen molar-refractivity contribution < 1.29 is 24.2 Å². The monoisotopic (exact) mass is 419 g/mol. The zero-order chi connectivity index (χ0) is 21.2. The quantitative estimate of drug-likeness (QED) is 0.452. The lowest BCUT2D eigenvalue weighted by Crippen LogP contribution is -2.34. The molecule has 0 radical (unpaired) electrons. The van der Waals surface area contributed by atoms with Crippen molar-refractivity contribution in [2.45, 2.75) is 44.8 Å². The SMILES string of the molecule is CCCC(=O)OCOC(=O)C(O)C[C@H](N)Cc1ccc(-c2cccc(Cl)c2)cc1. The molecule has 0 aliphatic heterocycles. The molecule has 2 aromatic rings. The Balaban J connectivity index is 1.80. The van der Waals surface area contributed by atoms with Crippen molar-refractivity contribution in [2.75, 3.05) is 6.79 Å². The molecule has 0 heterocycles. The van der Waals surface area contributed by atoms with E-state index in [1.54, 1.807) is 0 Å². The van der Waals surface area contributed by atoms with Gasteiger partial charge in [0, 0.05) is 17.5 Å². The summed E-state index contributed by atoms with van der Waals surface area (Å²) >= 11 is 6.03. The van der Waals surface area contributed by atoms with Gasteiger partial charge in [-0.25, -0.2) is 4.79 Å². The standard InChI is InChI=1S/C22H26ClNO5/c1-2-4-21(26)28-14-29-22(27)20(25)13-19(24)11-15-7-9-16(10-8-15)17-5-3-6-18(23)12-17/h3,5-10,12,19-20,25H,2,4,11,13-14,24H2,1H3/t19-,20?/m1/s1. The maximum absolute atomic E-state index is 11.8. The Morgan fingerprint density at radius 2 is 1.83 bits per heavy atom. The summed E-state index contributed by atoms with van der Waals surface area (Å²) in [4.78, 5) is 23.0. The maximum Gasteiger partial charge on any atom is 0.337 e. The van der Waals surface area contributed by atoms with Crippen LogP contribution in [0.4, 0.5) is 0 Å². The van der Waals surface area contributed by atoms with E-state index in [-0.39, 0.29) is 12.8 Å². The largest absolute Gasteiger partial charge is 0.428 e.